The van der Waals surface area contributed by atoms with Crippen LogP contribution in [0.3, 0.4) is 0 Å². The van der Waals surface area contributed by atoms with Crippen molar-refractivity contribution < 1.29 is 9.53 Å². The van der Waals surface area contributed by atoms with Crippen LogP contribution in [0, 0.1) is 0 Å². The Morgan fingerprint density at radius 1 is 1.50 bits per heavy atom. The summed E-state index contributed by atoms with van der Waals surface area (Å²) in [5.41, 5.74) is 1.99. The molecule has 2 aromatic rings. The molecule has 0 atom stereocenters. The lowest BCUT2D eigenvalue weighted by Crippen LogP contribution is -1.92. The van der Waals surface area contributed by atoms with Crippen LogP contribution in [0.5, 0.6) is 0 Å². The van der Waals surface area contributed by atoms with Crippen LogP contribution in [0.15, 0.2) is 34.9 Å². The van der Waals surface area contributed by atoms with Gasteiger partial charge in [0.25, 0.3) is 0 Å². The van der Waals surface area contributed by atoms with E-state index in [1.165, 1.54) is 13.2 Å². The van der Waals surface area contributed by atoms with Gasteiger partial charge in [-0.25, -0.2) is 4.79 Å². The van der Waals surface area contributed by atoms with Gasteiger partial charge < -0.3 is 9.72 Å². The number of nitrogens with one attached hydrogen (secondary N) is 1. The molecule has 3 nitrogen and oxygen atoms in total. The van der Waals surface area contributed by atoms with Crippen molar-refractivity contribution in [1.82, 2.24) is 4.98 Å². The van der Waals surface area contributed by atoms with Crippen LogP contribution < -0.4 is 0 Å². The van der Waals surface area contributed by atoms with E-state index in [0.717, 1.165) is 20.9 Å². The Labute approximate surface area is 101 Å². The summed E-state index contributed by atoms with van der Waals surface area (Å²) in [4.78, 5) is 14.1. The summed E-state index contributed by atoms with van der Waals surface area (Å²) in [5, 5.41) is 1.06. The predicted octanol–water partition coefficient (Wildman–Crippen LogP) is 3.12. The van der Waals surface area contributed by atoms with Crippen molar-refractivity contribution in [3.8, 4) is 0 Å². The number of hydrogen-bond acceptors (Lipinski definition) is 2. The van der Waals surface area contributed by atoms with Crippen molar-refractivity contribution >= 4 is 38.9 Å². The van der Waals surface area contributed by atoms with Gasteiger partial charge in [-0.15, -0.1) is 0 Å². The summed E-state index contributed by atoms with van der Waals surface area (Å²) in [6.07, 6.45) is 5.00. The first-order valence-electron chi connectivity index (χ1n) is 4.73. The zero-order valence-electron chi connectivity index (χ0n) is 8.66. The number of esters is 1. The van der Waals surface area contributed by atoms with Crippen LogP contribution in [0.4, 0.5) is 0 Å². The minimum Gasteiger partial charge on any atom is -0.466 e. The Bertz CT molecular complexity index is 557. The summed E-state index contributed by atoms with van der Waals surface area (Å²) < 4.78 is 5.55. The number of aromatic nitrogens is 1. The number of H-pyrrole nitrogens is 1. The molecule has 0 radical (unpaired) electrons. The molecule has 0 fully saturated rings. The molecule has 16 heavy (non-hydrogen) atoms. The van der Waals surface area contributed by atoms with Crippen LogP contribution in [-0.4, -0.2) is 18.1 Å². The molecule has 0 spiro atoms. The monoisotopic (exact) mass is 279 g/mol. The largest absolute Gasteiger partial charge is 0.466 e. The van der Waals surface area contributed by atoms with Crippen molar-refractivity contribution in [3.63, 3.8) is 0 Å². The number of ether oxygens (including phenoxy) is 1. The standard InChI is InChI=1S/C12H10BrNO2/c1-16-12(15)5-2-8-7-14-11-4-3-9(13)6-10(8)11/h2-7,14H,1H3/b5-2-. The summed E-state index contributed by atoms with van der Waals surface area (Å²) in [5.74, 6) is -0.357. The second-order valence-electron chi connectivity index (χ2n) is 3.29. The smallest absolute Gasteiger partial charge is 0.330 e. The van der Waals surface area contributed by atoms with Gasteiger partial charge in [0, 0.05) is 33.2 Å². The van der Waals surface area contributed by atoms with E-state index in [1.807, 2.05) is 24.4 Å². The number of hydrogen-bond donors (Lipinski definition) is 1. The highest BCUT2D eigenvalue weighted by molar-refractivity contribution is 9.10. The number of benzene rings is 1. The second-order valence-corrected chi connectivity index (χ2v) is 4.21. The Morgan fingerprint density at radius 3 is 3.06 bits per heavy atom. The number of carbonyl (C=O) groups is 1. The van der Waals surface area contributed by atoms with Crippen LogP contribution >= 0.6 is 15.9 Å². The van der Waals surface area contributed by atoms with E-state index in [4.69, 9.17) is 0 Å². The third-order valence-electron chi connectivity index (χ3n) is 2.28. The molecule has 1 N–H and O–H groups in total. The van der Waals surface area contributed by atoms with Crippen LogP contribution in [0.1, 0.15) is 5.56 Å². The predicted molar refractivity (Wildman–Crippen MR) is 67.0 cm³/mol. The molecule has 82 valence electrons. The maximum absolute atomic E-state index is 11.0. The van der Waals surface area contributed by atoms with Crippen molar-refractivity contribution in [2.24, 2.45) is 0 Å². The van der Waals surface area contributed by atoms with Gasteiger partial charge in [0.05, 0.1) is 7.11 Å². The molecule has 1 heterocycles. The Balaban J connectivity index is 2.41. The van der Waals surface area contributed by atoms with E-state index in [9.17, 15) is 4.79 Å². The lowest BCUT2D eigenvalue weighted by molar-refractivity contribution is -0.134. The van der Waals surface area contributed by atoms with Gasteiger partial charge in [-0.05, 0) is 24.3 Å². The molecule has 0 amide bonds. The first-order chi connectivity index (χ1) is 7.70. The molecule has 1 aromatic carbocycles. The fourth-order valence-electron chi connectivity index (χ4n) is 1.48. The highest BCUT2D eigenvalue weighted by atomic mass is 79.9. The number of rotatable bonds is 2. The maximum atomic E-state index is 11.0. The van der Waals surface area contributed by atoms with Crippen molar-refractivity contribution in [3.05, 3.63) is 40.5 Å². The van der Waals surface area contributed by atoms with Gasteiger partial charge >= 0.3 is 5.97 Å². The van der Waals surface area contributed by atoms with Crippen LogP contribution in [-0.2, 0) is 9.53 Å². The third kappa shape index (κ3) is 2.17. The molecule has 0 unspecified atom stereocenters. The topological polar surface area (TPSA) is 42.1 Å². The van der Waals surface area contributed by atoms with Crippen molar-refractivity contribution in [2.45, 2.75) is 0 Å². The third-order valence-corrected chi connectivity index (χ3v) is 2.77. The summed E-state index contributed by atoms with van der Waals surface area (Å²) in [6.45, 7) is 0. The minimum atomic E-state index is -0.357. The van der Waals surface area contributed by atoms with Crippen molar-refractivity contribution in [1.29, 1.82) is 0 Å². The van der Waals surface area contributed by atoms with Crippen LogP contribution in [0.2, 0.25) is 0 Å². The summed E-state index contributed by atoms with van der Waals surface area (Å²) in [6, 6.07) is 5.95. The van der Waals surface area contributed by atoms with E-state index in [1.54, 1.807) is 6.08 Å². The van der Waals surface area contributed by atoms with E-state index in [0.29, 0.717) is 0 Å². The van der Waals surface area contributed by atoms with Gasteiger partial charge in [-0.3, -0.25) is 0 Å². The summed E-state index contributed by atoms with van der Waals surface area (Å²) in [7, 11) is 1.36. The first kappa shape index (κ1) is 11.0. The molecule has 0 aliphatic carbocycles. The highest BCUT2D eigenvalue weighted by Crippen LogP contribution is 2.23. The molecule has 0 aliphatic rings. The number of carbonyl (C=O) groups excluding carboxylic acids is 1. The zero-order chi connectivity index (χ0) is 11.5. The Hall–Kier alpha value is -1.55. The lowest BCUT2D eigenvalue weighted by atomic mass is 10.1. The zero-order valence-corrected chi connectivity index (χ0v) is 10.2. The molecule has 0 saturated heterocycles. The first-order valence-corrected chi connectivity index (χ1v) is 5.52. The molecule has 2 rings (SSSR count). The van der Waals surface area contributed by atoms with E-state index in [-0.39, 0.29) is 5.97 Å². The fourth-order valence-corrected chi connectivity index (χ4v) is 1.84. The van der Waals surface area contributed by atoms with Gasteiger partial charge in [0.2, 0.25) is 0 Å². The van der Waals surface area contributed by atoms with E-state index in [2.05, 4.69) is 25.7 Å². The number of fused-ring (bicyclic) bond motifs is 1. The lowest BCUT2D eigenvalue weighted by Gasteiger charge is -1.93. The van der Waals surface area contributed by atoms with Gasteiger partial charge in [-0.2, -0.15) is 0 Å². The van der Waals surface area contributed by atoms with Crippen molar-refractivity contribution in [2.75, 3.05) is 7.11 Å². The quantitative estimate of drug-likeness (QED) is 0.678. The average molecular weight is 280 g/mol. The summed E-state index contributed by atoms with van der Waals surface area (Å²) >= 11 is 3.42. The molecule has 1 aromatic heterocycles. The second kappa shape index (κ2) is 4.53. The Kier molecular flexibility index (Phi) is 3.10. The molecule has 4 heteroatoms. The average Bonchev–Trinajstić information content (AvgIpc) is 2.68. The normalized spacial score (nSPS) is 11.1. The van der Waals surface area contributed by atoms with Gasteiger partial charge in [-0.1, -0.05) is 15.9 Å². The number of methoxy groups -OCH3 is 1. The molecule has 0 aliphatic heterocycles. The minimum absolute atomic E-state index is 0.357. The molecule has 0 bridgehead atoms. The molecular formula is C12H10BrNO2. The SMILES string of the molecule is COC(=O)/C=C\c1c[nH]c2ccc(Br)cc12. The molecular weight excluding hydrogens is 270 g/mol. The van der Waals surface area contributed by atoms with E-state index < -0.39 is 0 Å². The van der Waals surface area contributed by atoms with Crippen LogP contribution in [0.25, 0.3) is 17.0 Å². The van der Waals surface area contributed by atoms with Gasteiger partial charge in [0.1, 0.15) is 0 Å². The maximum Gasteiger partial charge on any atom is 0.330 e. The van der Waals surface area contributed by atoms with Gasteiger partial charge in [0.15, 0.2) is 0 Å². The van der Waals surface area contributed by atoms with E-state index >= 15 is 0 Å². The fraction of sp³-hybridized carbons (Fsp3) is 0.0833. The molecule has 0 saturated carbocycles. The number of halogens is 1. The Morgan fingerprint density at radius 2 is 2.31 bits per heavy atom. The highest BCUT2D eigenvalue weighted by Gasteiger charge is 2.01. The number of aromatic amines is 1.